The monoisotopic (exact) mass is 264 g/mol. The highest BCUT2D eigenvalue weighted by Crippen LogP contribution is 2.36. The zero-order valence-electron chi connectivity index (χ0n) is 11.5. The highest BCUT2D eigenvalue weighted by molar-refractivity contribution is 6.11. The molecule has 100 valence electrons. The van der Waals surface area contributed by atoms with Crippen LogP contribution in [0.5, 0.6) is 0 Å². The van der Waals surface area contributed by atoms with E-state index in [9.17, 15) is 0 Å². The van der Waals surface area contributed by atoms with Crippen LogP contribution in [0.1, 0.15) is 31.7 Å². The molecule has 1 heterocycles. The standard InChI is InChI=1S/C15H24O2Si/c1-2-15(9-6-10-17-14(15)18)12-16-11-13-7-4-3-5-8-13/h3-5,7-8,14H,2,6,9-12H2,1,18H3. The van der Waals surface area contributed by atoms with Crippen LogP contribution in [0.25, 0.3) is 0 Å². The number of benzene rings is 1. The van der Waals surface area contributed by atoms with Gasteiger partial charge in [0.2, 0.25) is 0 Å². The molecule has 1 saturated heterocycles. The summed E-state index contributed by atoms with van der Waals surface area (Å²) in [5, 5.41) is 0. The van der Waals surface area contributed by atoms with Crippen molar-refractivity contribution in [3.8, 4) is 0 Å². The Hall–Kier alpha value is -0.643. The fourth-order valence-electron chi connectivity index (χ4n) is 2.77. The second kappa shape index (κ2) is 6.50. The third kappa shape index (κ3) is 3.22. The Bertz CT molecular complexity index is 355. The van der Waals surface area contributed by atoms with E-state index in [1.54, 1.807) is 0 Å². The molecule has 1 aliphatic heterocycles. The van der Waals surface area contributed by atoms with E-state index in [2.05, 4.69) is 31.2 Å². The second-order valence-electron chi connectivity index (χ2n) is 5.31. The maximum Gasteiger partial charge on any atom is 0.0717 e. The molecule has 1 fully saturated rings. The molecule has 1 aliphatic rings. The molecule has 0 amide bonds. The summed E-state index contributed by atoms with van der Waals surface area (Å²) in [6, 6.07) is 10.4. The summed E-state index contributed by atoms with van der Waals surface area (Å²) in [6.07, 6.45) is 3.60. The molecule has 0 aromatic heterocycles. The van der Waals surface area contributed by atoms with Crippen molar-refractivity contribution in [1.82, 2.24) is 0 Å². The first kappa shape index (κ1) is 13.8. The van der Waals surface area contributed by atoms with Gasteiger partial charge in [-0.3, -0.25) is 0 Å². The lowest BCUT2D eigenvalue weighted by atomic mass is 9.80. The van der Waals surface area contributed by atoms with Gasteiger partial charge in [0.05, 0.1) is 13.2 Å². The Morgan fingerprint density at radius 2 is 2.17 bits per heavy atom. The first-order chi connectivity index (χ1) is 8.77. The Morgan fingerprint density at radius 1 is 1.39 bits per heavy atom. The third-order valence-corrected chi connectivity index (χ3v) is 5.81. The number of rotatable bonds is 5. The van der Waals surface area contributed by atoms with Gasteiger partial charge in [-0.1, -0.05) is 37.3 Å². The lowest BCUT2D eigenvalue weighted by molar-refractivity contribution is -0.0861. The smallest absolute Gasteiger partial charge is 0.0717 e. The van der Waals surface area contributed by atoms with E-state index in [1.165, 1.54) is 18.4 Å². The van der Waals surface area contributed by atoms with Crippen molar-refractivity contribution in [2.75, 3.05) is 13.2 Å². The molecule has 0 bridgehead atoms. The van der Waals surface area contributed by atoms with Crippen LogP contribution in [-0.4, -0.2) is 29.2 Å². The van der Waals surface area contributed by atoms with E-state index in [4.69, 9.17) is 9.47 Å². The van der Waals surface area contributed by atoms with Gasteiger partial charge >= 0.3 is 0 Å². The SMILES string of the molecule is CCC1(COCc2ccccc2)CCCOC1[SiH3]. The van der Waals surface area contributed by atoms with Crippen LogP contribution >= 0.6 is 0 Å². The predicted octanol–water partition coefficient (Wildman–Crippen LogP) is 2.10. The molecular formula is C15H24O2Si. The van der Waals surface area contributed by atoms with Gasteiger partial charge in [0.1, 0.15) is 0 Å². The van der Waals surface area contributed by atoms with Gasteiger partial charge in [0.25, 0.3) is 0 Å². The topological polar surface area (TPSA) is 18.5 Å². The largest absolute Gasteiger partial charge is 0.382 e. The van der Waals surface area contributed by atoms with E-state index >= 15 is 0 Å². The van der Waals surface area contributed by atoms with Crippen molar-refractivity contribution in [3.63, 3.8) is 0 Å². The molecule has 18 heavy (non-hydrogen) atoms. The third-order valence-electron chi connectivity index (χ3n) is 4.25. The quantitative estimate of drug-likeness (QED) is 0.758. The Balaban J connectivity index is 1.87. The first-order valence-corrected chi connectivity index (χ1v) is 8.15. The van der Waals surface area contributed by atoms with E-state index in [-0.39, 0.29) is 5.41 Å². The van der Waals surface area contributed by atoms with Gasteiger partial charge in [0.15, 0.2) is 0 Å². The lowest BCUT2D eigenvalue weighted by Crippen LogP contribution is -2.44. The molecule has 0 aliphatic carbocycles. The van der Waals surface area contributed by atoms with Gasteiger partial charge in [0, 0.05) is 28.0 Å². The Labute approximate surface area is 113 Å². The van der Waals surface area contributed by atoms with Gasteiger partial charge in [-0.2, -0.15) is 0 Å². The molecule has 2 unspecified atom stereocenters. The van der Waals surface area contributed by atoms with Crippen molar-refractivity contribution in [1.29, 1.82) is 0 Å². The highest BCUT2D eigenvalue weighted by Gasteiger charge is 2.37. The maximum atomic E-state index is 5.97. The van der Waals surface area contributed by atoms with Gasteiger partial charge < -0.3 is 9.47 Å². The normalized spacial score (nSPS) is 28.4. The summed E-state index contributed by atoms with van der Waals surface area (Å²) < 4.78 is 11.8. The zero-order valence-corrected chi connectivity index (χ0v) is 13.5. The minimum absolute atomic E-state index is 0.277. The molecule has 1 aromatic carbocycles. The van der Waals surface area contributed by atoms with Crippen LogP contribution in [0.3, 0.4) is 0 Å². The number of hydrogen-bond acceptors (Lipinski definition) is 2. The van der Waals surface area contributed by atoms with E-state index in [1.807, 2.05) is 6.07 Å². The highest BCUT2D eigenvalue weighted by atomic mass is 28.1. The lowest BCUT2D eigenvalue weighted by Gasteiger charge is -2.41. The van der Waals surface area contributed by atoms with Crippen molar-refractivity contribution < 1.29 is 9.47 Å². The van der Waals surface area contributed by atoms with Crippen LogP contribution in [0.15, 0.2) is 30.3 Å². The number of hydrogen-bond donors (Lipinski definition) is 0. The molecule has 0 N–H and O–H groups in total. The van der Waals surface area contributed by atoms with E-state index in [0.29, 0.717) is 5.73 Å². The zero-order chi connectivity index (χ0) is 12.8. The van der Waals surface area contributed by atoms with Crippen LogP contribution in [0.2, 0.25) is 0 Å². The van der Waals surface area contributed by atoms with Crippen LogP contribution in [0.4, 0.5) is 0 Å². The van der Waals surface area contributed by atoms with Crippen molar-refractivity contribution in [2.45, 2.75) is 38.5 Å². The maximum absolute atomic E-state index is 5.97. The van der Waals surface area contributed by atoms with E-state index < -0.39 is 0 Å². The average Bonchev–Trinajstić information content (AvgIpc) is 2.42. The molecule has 2 nitrogen and oxygen atoms in total. The molecule has 0 spiro atoms. The first-order valence-electron chi connectivity index (χ1n) is 7.00. The molecule has 2 atom stereocenters. The van der Waals surface area contributed by atoms with Crippen LogP contribution < -0.4 is 0 Å². The van der Waals surface area contributed by atoms with Crippen LogP contribution in [-0.2, 0) is 16.1 Å². The molecular weight excluding hydrogens is 240 g/mol. The summed E-state index contributed by atoms with van der Waals surface area (Å²) in [6.45, 7) is 4.77. The van der Waals surface area contributed by atoms with Crippen molar-refractivity contribution in [2.24, 2.45) is 5.41 Å². The van der Waals surface area contributed by atoms with Gasteiger partial charge in [-0.25, -0.2) is 0 Å². The predicted molar refractivity (Wildman–Crippen MR) is 77.7 cm³/mol. The van der Waals surface area contributed by atoms with Gasteiger partial charge in [-0.15, -0.1) is 0 Å². The Morgan fingerprint density at radius 3 is 2.83 bits per heavy atom. The molecule has 3 heteroatoms. The molecule has 0 radical (unpaired) electrons. The summed E-state index contributed by atoms with van der Waals surface area (Å²) in [4.78, 5) is 0. The Kier molecular flexibility index (Phi) is 4.98. The molecule has 2 rings (SSSR count). The summed E-state index contributed by atoms with van der Waals surface area (Å²) in [5.74, 6) is 0. The van der Waals surface area contributed by atoms with Crippen molar-refractivity contribution in [3.05, 3.63) is 35.9 Å². The fourth-order valence-corrected chi connectivity index (χ4v) is 3.87. The summed E-state index contributed by atoms with van der Waals surface area (Å²) in [7, 11) is 1.10. The van der Waals surface area contributed by atoms with Crippen LogP contribution in [0, 0.1) is 5.41 Å². The van der Waals surface area contributed by atoms with Gasteiger partial charge in [-0.05, 0) is 24.8 Å². The fraction of sp³-hybridized carbons (Fsp3) is 0.600. The minimum atomic E-state index is 0.277. The van der Waals surface area contributed by atoms with Crippen molar-refractivity contribution >= 4 is 10.2 Å². The summed E-state index contributed by atoms with van der Waals surface area (Å²) >= 11 is 0. The van der Waals surface area contributed by atoms with E-state index in [0.717, 1.165) is 36.5 Å². The minimum Gasteiger partial charge on any atom is -0.382 e. The molecule has 0 saturated carbocycles. The summed E-state index contributed by atoms with van der Waals surface area (Å²) in [5.41, 5.74) is 1.98. The number of ether oxygens (including phenoxy) is 2. The second-order valence-corrected chi connectivity index (χ2v) is 6.36. The average molecular weight is 264 g/mol. The molecule has 1 aromatic rings.